The zero-order valence-electron chi connectivity index (χ0n) is 17.4. The van der Waals surface area contributed by atoms with E-state index in [2.05, 4.69) is 15.4 Å². The fourth-order valence-corrected chi connectivity index (χ4v) is 3.15. The van der Waals surface area contributed by atoms with Crippen molar-refractivity contribution in [2.24, 2.45) is 5.73 Å². The van der Waals surface area contributed by atoms with Crippen molar-refractivity contribution < 1.29 is 42.3 Å². The lowest BCUT2D eigenvalue weighted by atomic mass is 10.1. The maximum Gasteiger partial charge on any atom is 0.328 e. The van der Waals surface area contributed by atoms with Gasteiger partial charge in [0.1, 0.15) is 12.1 Å². The number of phenolic OH excluding ortho intramolecular Hbond substituents is 2. The molecule has 0 radical (unpaired) electrons. The van der Waals surface area contributed by atoms with Crippen molar-refractivity contribution in [2.75, 3.05) is 19.4 Å². The molecule has 0 fully saturated rings. The molecule has 2 atom stereocenters. The first-order valence-electron chi connectivity index (χ1n) is 9.49. The van der Waals surface area contributed by atoms with E-state index >= 15 is 0 Å². The molecule has 32 heavy (non-hydrogen) atoms. The third-order valence-electron chi connectivity index (χ3n) is 4.17. The molecule has 1 rings (SSSR count). The molecule has 0 aliphatic rings. The van der Waals surface area contributed by atoms with E-state index in [-0.39, 0.29) is 24.5 Å². The summed E-state index contributed by atoms with van der Waals surface area (Å²) in [6, 6.07) is 1.65. The molecule has 12 nitrogen and oxygen atoms in total. The monoisotopic (exact) mass is 473 g/mol. The average molecular weight is 474 g/mol. The van der Waals surface area contributed by atoms with Gasteiger partial charge in [0.15, 0.2) is 11.5 Å². The number of methoxy groups -OCH3 is 1. The van der Waals surface area contributed by atoms with Gasteiger partial charge in [-0.15, -0.1) is 0 Å². The van der Waals surface area contributed by atoms with Crippen molar-refractivity contribution >= 4 is 34.0 Å². The quantitative estimate of drug-likeness (QED) is 0.0737. The number of unbranched alkanes of at least 4 members (excludes halogenated alkanes) is 1. The van der Waals surface area contributed by atoms with Gasteiger partial charge in [0, 0.05) is 12.6 Å². The Morgan fingerprint density at radius 2 is 1.88 bits per heavy atom. The van der Waals surface area contributed by atoms with Crippen LogP contribution in [0.25, 0.3) is 6.08 Å². The standard InChI is InChI=1S/C19H27N3O9S/c1-31-19(27)14(4-2-3-9-21-18(26)13(20)11-32(28,29)30)22-17(25)8-6-12-5-7-15(23)16(24)10-12/h5-8,10,13-14,23-24H,2-4,9,11,20H2,1H3,(H,21,26)(H,22,25)(H,28,29,30)/b8-6+/t13?,14-/m0/s1. The van der Waals surface area contributed by atoms with Crippen LogP contribution >= 0.6 is 0 Å². The third-order valence-corrected chi connectivity index (χ3v) is 4.95. The van der Waals surface area contributed by atoms with Crippen LogP contribution < -0.4 is 16.4 Å². The zero-order chi connectivity index (χ0) is 24.3. The van der Waals surface area contributed by atoms with Crippen LogP contribution in [0.4, 0.5) is 0 Å². The van der Waals surface area contributed by atoms with Crippen LogP contribution in [0.3, 0.4) is 0 Å². The second-order valence-corrected chi connectivity index (χ2v) is 8.30. The number of benzene rings is 1. The molecule has 13 heteroatoms. The molecule has 7 N–H and O–H groups in total. The number of hydrogen-bond acceptors (Lipinski definition) is 9. The van der Waals surface area contributed by atoms with E-state index in [9.17, 15) is 33.0 Å². The van der Waals surface area contributed by atoms with Gasteiger partial charge in [0.2, 0.25) is 11.8 Å². The predicted molar refractivity (Wildman–Crippen MR) is 114 cm³/mol. The van der Waals surface area contributed by atoms with Crippen molar-refractivity contribution in [3.05, 3.63) is 29.8 Å². The summed E-state index contributed by atoms with van der Waals surface area (Å²) in [5, 5.41) is 23.6. The molecule has 0 heterocycles. The summed E-state index contributed by atoms with van der Waals surface area (Å²) in [6.45, 7) is 0.143. The molecule has 1 unspecified atom stereocenters. The highest BCUT2D eigenvalue weighted by atomic mass is 32.2. The Balaban J connectivity index is 2.49. The molecule has 0 bridgehead atoms. The Hall–Kier alpha value is -3.16. The van der Waals surface area contributed by atoms with E-state index < -0.39 is 45.7 Å². The number of hydrogen-bond donors (Lipinski definition) is 6. The van der Waals surface area contributed by atoms with E-state index in [1.54, 1.807) is 0 Å². The van der Waals surface area contributed by atoms with Gasteiger partial charge in [-0.2, -0.15) is 8.42 Å². The summed E-state index contributed by atoms with van der Waals surface area (Å²) in [4.78, 5) is 35.7. The number of aromatic hydroxyl groups is 2. The summed E-state index contributed by atoms with van der Waals surface area (Å²) in [7, 11) is -3.20. The highest BCUT2D eigenvalue weighted by molar-refractivity contribution is 7.85. The van der Waals surface area contributed by atoms with Crippen LogP contribution in [-0.2, 0) is 29.2 Å². The van der Waals surface area contributed by atoms with Gasteiger partial charge in [0.05, 0.1) is 12.9 Å². The number of phenols is 2. The highest BCUT2D eigenvalue weighted by Crippen LogP contribution is 2.25. The van der Waals surface area contributed by atoms with Gasteiger partial charge in [-0.25, -0.2) is 4.79 Å². The molecule has 0 aliphatic carbocycles. The summed E-state index contributed by atoms with van der Waals surface area (Å²) < 4.78 is 34.8. The first-order valence-corrected chi connectivity index (χ1v) is 11.1. The Kier molecular flexibility index (Phi) is 10.6. The molecule has 0 saturated carbocycles. The number of ether oxygens (including phenoxy) is 1. The van der Waals surface area contributed by atoms with Gasteiger partial charge >= 0.3 is 5.97 Å². The molecule has 178 valence electrons. The Morgan fingerprint density at radius 1 is 1.19 bits per heavy atom. The summed E-state index contributed by atoms with van der Waals surface area (Å²) in [5.41, 5.74) is 5.82. The molecule has 1 aromatic carbocycles. The predicted octanol–water partition coefficient (Wildman–Crippen LogP) is -0.730. The molecule has 0 aliphatic heterocycles. The molecular weight excluding hydrogens is 446 g/mol. The van der Waals surface area contributed by atoms with Gasteiger partial charge in [0.25, 0.3) is 10.1 Å². The fraction of sp³-hybridized carbons (Fsp3) is 0.421. The van der Waals surface area contributed by atoms with Crippen LogP contribution in [0.1, 0.15) is 24.8 Å². The SMILES string of the molecule is COC(=O)[C@H](CCCCNC(=O)C(N)CS(=O)(=O)O)NC(=O)/C=C/c1ccc(O)c(O)c1. The molecule has 0 aromatic heterocycles. The van der Waals surface area contributed by atoms with Crippen molar-refractivity contribution in [1.82, 2.24) is 10.6 Å². The van der Waals surface area contributed by atoms with Crippen molar-refractivity contribution in [1.29, 1.82) is 0 Å². The van der Waals surface area contributed by atoms with E-state index in [0.29, 0.717) is 18.4 Å². The lowest BCUT2D eigenvalue weighted by Crippen LogP contribution is -2.45. The van der Waals surface area contributed by atoms with Crippen molar-refractivity contribution in [3.8, 4) is 11.5 Å². The minimum atomic E-state index is -4.37. The topological polar surface area (TPSA) is 205 Å². The van der Waals surface area contributed by atoms with Crippen molar-refractivity contribution in [2.45, 2.75) is 31.3 Å². The maximum absolute atomic E-state index is 12.1. The van der Waals surface area contributed by atoms with Crippen LogP contribution in [-0.4, -0.2) is 72.5 Å². The number of amides is 2. The van der Waals surface area contributed by atoms with E-state index in [1.165, 1.54) is 31.4 Å². The molecule has 0 spiro atoms. The van der Waals surface area contributed by atoms with Crippen molar-refractivity contribution in [3.63, 3.8) is 0 Å². The lowest BCUT2D eigenvalue weighted by molar-refractivity contribution is -0.144. The van der Waals surface area contributed by atoms with E-state index in [0.717, 1.165) is 6.08 Å². The van der Waals surface area contributed by atoms with Crippen LogP contribution in [0.15, 0.2) is 24.3 Å². The maximum atomic E-state index is 12.1. The fourth-order valence-electron chi connectivity index (χ4n) is 2.55. The number of nitrogens with one attached hydrogen (secondary N) is 2. The first kappa shape index (κ1) is 26.9. The second kappa shape index (κ2) is 12.6. The second-order valence-electron chi connectivity index (χ2n) is 6.81. The lowest BCUT2D eigenvalue weighted by Gasteiger charge is -2.16. The third kappa shape index (κ3) is 10.2. The molecule has 2 amide bonds. The number of rotatable bonds is 12. The molecular formula is C19H27N3O9S. The normalized spacial score (nSPS) is 13.3. The number of nitrogens with two attached hydrogens (primary N) is 1. The number of carbonyl (C=O) groups excluding carboxylic acids is 3. The summed E-state index contributed by atoms with van der Waals surface area (Å²) in [5.74, 6) is -3.52. The van der Waals surface area contributed by atoms with Gasteiger partial charge in [-0.05, 0) is 43.0 Å². The largest absolute Gasteiger partial charge is 0.504 e. The summed E-state index contributed by atoms with van der Waals surface area (Å²) >= 11 is 0. The zero-order valence-corrected chi connectivity index (χ0v) is 18.2. The highest BCUT2D eigenvalue weighted by Gasteiger charge is 2.21. The Labute approximate surface area is 185 Å². The minimum Gasteiger partial charge on any atom is -0.504 e. The first-order chi connectivity index (χ1) is 14.9. The molecule has 0 saturated heterocycles. The van der Waals surface area contributed by atoms with Crippen LogP contribution in [0, 0.1) is 0 Å². The van der Waals surface area contributed by atoms with Gasteiger partial charge < -0.3 is 31.3 Å². The smallest absolute Gasteiger partial charge is 0.328 e. The average Bonchev–Trinajstić information content (AvgIpc) is 2.71. The van der Waals surface area contributed by atoms with Crippen LogP contribution in [0.5, 0.6) is 11.5 Å². The minimum absolute atomic E-state index is 0.143. The summed E-state index contributed by atoms with van der Waals surface area (Å²) in [6.07, 6.45) is 3.55. The Bertz CT molecular complexity index is 947. The van der Waals surface area contributed by atoms with Gasteiger partial charge in [-0.1, -0.05) is 6.07 Å². The molecule has 1 aromatic rings. The van der Waals surface area contributed by atoms with Crippen LogP contribution in [0.2, 0.25) is 0 Å². The van der Waals surface area contributed by atoms with E-state index in [1.807, 2.05) is 0 Å². The number of esters is 1. The van der Waals surface area contributed by atoms with E-state index in [4.69, 9.17) is 10.3 Å². The number of carbonyl (C=O) groups is 3. The Morgan fingerprint density at radius 3 is 2.47 bits per heavy atom. The van der Waals surface area contributed by atoms with Gasteiger partial charge in [-0.3, -0.25) is 14.1 Å².